The second-order valence-electron chi connectivity index (χ2n) is 19.1. The van der Waals surface area contributed by atoms with E-state index in [2.05, 4.69) is 162 Å². The minimum absolute atomic E-state index is 0. The largest absolute Gasteiger partial charge is 0.342 e. The molecule has 14 rings (SSSR count). The van der Waals surface area contributed by atoms with Gasteiger partial charge in [-0.3, -0.25) is 9.13 Å². The normalized spacial score (nSPS) is 12.8. The number of anilines is 3. The molecule has 0 N–H and O–H groups in total. The predicted molar refractivity (Wildman–Crippen MR) is 289 cm³/mol. The van der Waals surface area contributed by atoms with Crippen LogP contribution < -0.4 is 9.47 Å². The quantitative estimate of drug-likeness (QED) is 0.117. The molecule has 0 fully saturated rings. The van der Waals surface area contributed by atoms with E-state index in [-0.39, 0.29) is 32.4 Å². The van der Waals surface area contributed by atoms with Crippen LogP contribution in [0.3, 0.4) is 0 Å². The fourth-order valence-corrected chi connectivity index (χ4v) is 10.5. The van der Waals surface area contributed by atoms with E-state index in [4.69, 9.17) is 24.0 Å². The molecule has 0 unspecified atom stereocenters. The maximum Gasteiger partial charge on any atom is 0.242 e. The van der Waals surface area contributed by atoms with Crippen molar-refractivity contribution in [2.75, 3.05) is 4.90 Å². The number of imidazole rings is 1. The van der Waals surface area contributed by atoms with Gasteiger partial charge in [0.25, 0.3) is 0 Å². The topological polar surface area (TPSA) is 78.4 Å². The van der Waals surface area contributed by atoms with Gasteiger partial charge in [-0.1, -0.05) is 159 Å². The molecule has 0 spiro atoms. The van der Waals surface area contributed by atoms with Gasteiger partial charge in [0.2, 0.25) is 24.2 Å². The fraction of sp³-hybridized carbons (Fsp3) is 0.0806. The standard InChI is InChI=1S/C62H44N10.Pt/c1-62(2,3)40-34-35-63-58(36-40)70-50-25-10-5-24-48(50)49-33-32-43(38-57(49)70)69(42-19-17-18-41(37-42)68-39-67(4)55-30-15-16-31-56(55)68)59-64-60(71-51-26-11-6-20-44(51)45-21-7-12-27-52(45)71)66-61(65-59)72-53-28-13-8-22-46(53)47-23-9-14-29-54(47)72;/h5-36H,1-4H3;/q-2;/i4D3;. The number of benzene rings is 8. The monoisotopic (exact) mass is 1130 g/mol. The molecule has 0 radical (unpaired) electrons. The van der Waals surface area contributed by atoms with E-state index in [1.165, 1.54) is 4.57 Å². The summed E-state index contributed by atoms with van der Waals surface area (Å²) in [5.74, 6) is 1.86. The molecular formula is C62H44N10Pt-2. The first kappa shape index (κ1) is 41.0. The smallest absolute Gasteiger partial charge is 0.242 e. The van der Waals surface area contributed by atoms with Crippen molar-refractivity contribution >= 4 is 93.8 Å². The molecule has 73 heavy (non-hydrogen) atoms. The average Bonchev–Trinajstić information content (AvgIpc) is 4.20. The zero-order valence-electron chi connectivity index (χ0n) is 42.8. The van der Waals surface area contributed by atoms with Gasteiger partial charge in [0, 0.05) is 54.3 Å². The Hall–Kier alpha value is -8.72. The van der Waals surface area contributed by atoms with Crippen LogP contribution in [0.2, 0.25) is 0 Å². The van der Waals surface area contributed by atoms with Gasteiger partial charge in [-0.05, 0) is 58.8 Å². The summed E-state index contributed by atoms with van der Waals surface area (Å²) in [6.45, 7) is 4.13. The van der Waals surface area contributed by atoms with Crippen LogP contribution in [-0.4, -0.2) is 38.2 Å². The molecule has 354 valence electrons. The van der Waals surface area contributed by atoms with Crippen molar-refractivity contribution in [3.8, 4) is 23.4 Å². The number of rotatable bonds is 7. The van der Waals surface area contributed by atoms with E-state index in [0.29, 0.717) is 40.0 Å². The first-order chi connectivity index (χ1) is 36.5. The van der Waals surface area contributed by atoms with E-state index in [1.807, 2.05) is 83.9 Å². The van der Waals surface area contributed by atoms with Crippen molar-refractivity contribution < 1.29 is 29.7 Å². The van der Waals surface area contributed by atoms with Crippen LogP contribution in [0.25, 0.3) is 99.9 Å². The Morgan fingerprint density at radius 2 is 1.01 bits per heavy atom. The van der Waals surface area contributed by atoms with Gasteiger partial charge >= 0.3 is 0 Å². The molecule has 11 heteroatoms. The number of nitrogens with zero attached hydrogens (tertiary/aromatic N) is 10. The van der Waals surface area contributed by atoms with Crippen molar-refractivity contribution in [1.29, 1.82) is 0 Å². The molecule has 0 saturated heterocycles. The van der Waals surface area contributed by atoms with Gasteiger partial charge in [0.05, 0.1) is 44.2 Å². The molecular weight excluding hydrogens is 1080 g/mol. The van der Waals surface area contributed by atoms with Crippen molar-refractivity contribution in [2.45, 2.75) is 26.2 Å². The molecule has 14 aromatic rings. The zero-order valence-corrected chi connectivity index (χ0v) is 42.0. The molecule has 8 aromatic carbocycles. The van der Waals surface area contributed by atoms with Crippen molar-refractivity contribution in [3.63, 3.8) is 0 Å². The number of aromatic nitrogens is 9. The molecule has 0 aliphatic rings. The van der Waals surface area contributed by atoms with E-state index in [9.17, 15) is 0 Å². The first-order valence-electron chi connectivity index (χ1n) is 25.4. The summed E-state index contributed by atoms with van der Waals surface area (Å²) in [6.07, 6.45) is 5.03. The Morgan fingerprint density at radius 1 is 0.507 bits per heavy atom. The second-order valence-corrected chi connectivity index (χ2v) is 19.1. The van der Waals surface area contributed by atoms with E-state index in [1.54, 1.807) is 10.6 Å². The van der Waals surface area contributed by atoms with Crippen LogP contribution in [0, 0.1) is 18.5 Å². The SMILES string of the molecule is [2H]C([2H])([2H])[n+]1[c-]n(-c2[c-]c(N(c3[c-]c4c(cc3)c3ccccc3n4-c3cc(C(C)(C)C)ccn3)c3nc(-n4c5ccccc5c5ccccc54)nc(-n4c5ccccc5c5ccccc54)n3)ccc2)c2ccccc21.[Pt]. The minimum Gasteiger partial charge on any atom is -0.342 e. The van der Waals surface area contributed by atoms with Crippen LogP contribution >= 0.6 is 0 Å². The maximum atomic E-state index is 8.45. The average molecular weight is 1130 g/mol. The van der Waals surface area contributed by atoms with Gasteiger partial charge in [-0.15, -0.1) is 23.6 Å². The Balaban J connectivity index is 0.00000553. The van der Waals surface area contributed by atoms with E-state index >= 15 is 0 Å². The van der Waals surface area contributed by atoms with Crippen LogP contribution in [0.5, 0.6) is 0 Å². The number of pyridine rings is 1. The number of hydrogen-bond donors (Lipinski definition) is 0. The summed E-state index contributed by atoms with van der Waals surface area (Å²) >= 11 is 0. The number of hydrogen-bond acceptors (Lipinski definition) is 5. The van der Waals surface area contributed by atoms with E-state index < -0.39 is 6.98 Å². The number of aryl methyl sites for hydroxylation is 1. The van der Waals surface area contributed by atoms with Crippen molar-refractivity contribution in [3.05, 3.63) is 218 Å². The molecule has 6 heterocycles. The Morgan fingerprint density at radius 3 is 1.58 bits per heavy atom. The van der Waals surface area contributed by atoms with Gasteiger partial charge in [-0.2, -0.15) is 39.2 Å². The minimum atomic E-state index is -2.49. The molecule has 0 atom stereocenters. The van der Waals surface area contributed by atoms with E-state index in [0.717, 1.165) is 76.8 Å². The predicted octanol–water partition coefficient (Wildman–Crippen LogP) is 13.5. The second kappa shape index (κ2) is 17.0. The summed E-state index contributed by atoms with van der Waals surface area (Å²) in [7, 11) is 0. The Labute approximate surface area is 439 Å². The van der Waals surface area contributed by atoms with Crippen LogP contribution in [-0.2, 0) is 33.5 Å². The Kier molecular flexibility index (Phi) is 9.52. The van der Waals surface area contributed by atoms with Crippen molar-refractivity contribution in [1.82, 2.24) is 38.2 Å². The third kappa shape index (κ3) is 7.00. The fourth-order valence-electron chi connectivity index (χ4n) is 10.5. The van der Waals surface area contributed by atoms with Crippen LogP contribution in [0.15, 0.2) is 194 Å². The summed E-state index contributed by atoms with van der Waals surface area (Å²) in [6, 6.07) is 70.8. The molecule has 0 aliphatic carbocycles. The van der Waals surface area contributed by atoms with Crippen molar-refractivity contribution in [2.24, 2.45) is 6.98 Å². The molecule has 10 nitrogen and oxygen atoms in total. The first-order valence-corrected chi connectivity index (χ1v) is 23.9. The maximum absolute atomic E-state index is 8.45. The van der Waals surface area contributed by atoms with Gasteiger partial charge < -0.3 is 18.6 Å². The molecule has 0 aliphatic heterocycles. The Bertz CT molecular complexity index is 4380. The van der Waals surface area contributed by atoms with Crippen LogP contribution in [0.4, 0.5) is 17.3 Å². The third-order valence-electron chi connectivity index (χ3n) is 13.8. The van der Waals surface area contributed by atoms with Gasteiger partial charge in [0.15, 0.2) is 0 Å². The summed E-state index contributed by atoms with van der Waals surface area (Å²) in [5, 5.41) is 6.29. The van der Waals surface area contributed by atoms with Crippen LogP contribution in [0.1, 0.15) is 30.4 Å². The summed E-state index contributed by atoms with van der Waals surface area (Å²) in [4.78, 5) is 23.5. The molecule has 0 amide bonds. The summed E-state index contributed by atoms with van der Waals surface area (Å²) in [5.41, 5.74) is 9.42. The van der Waals surface area contributed by atoms with Gasteiger partial charge in [-0.25, -0.2) is 4.98 Å². The number of para-hydroxylation sites is 7. The molecule has 0 bridgehead atoms. The molecule has 6 aromatic heterocycles. The third-order valence-corrected chi connectivity index (χ3v) is 13.8. The zero-order chi connectivity index (χ0) is 50.7. The molecule has 0 saturated carbocycles. The number of fused-ring (bicyclic) bond motifs is 10. The summed E-state index contributed by atoms with van der Waals surface area (Å²) < 4.78 is 34.7. The van der Waals surface area contributed by atoms with Gasteiger partial charge in [0.1, 0.15) is 5.82 Å².